The first kappa shape index (κ1) is 13.2. The van der Waals surface area contributed by atoms with E-state index in [0.717, 1.165) is 5.56 Å². The number of carboxylic acid groups (broad SMARTS) is 1. The SMILES string of the molecule is C[C@H](C(=O)O)N(C)Cc1nc(-c2ccccc2)no1. The molecule has 19 heavy (non-hydrogen) atoms. The van der Waals surface area contributed by atoms with Crippen LogP contribution in [0.4, 0.5) is 0 Å². The zero-order valence-corrected chi connectivity index (χ0v) is 10.8. The Labute approximate surface area is 110 Å². The van der Waals surface area contributed by atoms with Gasteiger partial charge in [0.2, 0.25) is 11.7 Å². The Morgan fingerprint density at radius 2 is 2.11 bits per heavy atom. The number of aromatic nitrogens is 2. The first-order valence-corrected chi connectivity index (χ1v) is 5.89. The molecule has 0 saturated heterocycles. The highest BCUT2D eigenvalue weighted by Gasteiger charge is 2.19. The summed E-state index contributed by atoms with van der Waals surface area (Å²) in [6.45, 7) is 1.91. The largest absolute Gasteiger partial charge is 0.480 e. The van der Waals surface area contributed by atoms with Crippen LogP contribution in [0.15, 0.2) is 34.9 Å². The summed E-state index contributed by atoms with van der Waals surface area (Å²) in [5.74, 6) is 0.0201. The quantitative estimate of drug-likeness (QED) is 0.881. The van der Waals surface area contributed by atoms with E-state index in [0.29, 0.717) is 18.3 Å². The molecule has 0 aliphatic rings. The van der Waals surface area contributed by atoms with Crippen LogP contribution in [0.3, 0.4) is 0 Å². The molecular weight excluding hydrogens is 246 g/mol. The molecule has 0 radical (unpaired) electrons. The molecule has 6 heteroatoms. The van der Waals surface area contributed by atoms with Crippen LogP contribution in [0.1, 0.15) is 12.8 Å². The van der Waals surface area contributed by atoms with Crippen molar-refractivity contribution in [1.29, 1.82) is 0 Å². The van der Waals surface area contributed by atoms with Crippen LogP contribution in [0.25, 0.3) is 11.4 Å². The van der Waals surface area contributed by atoms with E-state index < -0.39 is 12.0 Å². The van der Waals surface area contributed by atoms with Crippen molar-refractivity contribution in [3.63, 3.8) is 0 Å². The van der Waals surface area contributed by atoms with Crippen LogP contribution in [0.2, 0.25) is 0 Å². The highest BCUT2D eigenvalue weighted by Crippen LogP contribution is 2.15. The average molecular weight is 261 g/mol. The smallest absolute Gasteiger partial charge is 0.320 e. The predicted molar refractivity (Wildman–Crippen MR) is 68.3 cm³/mol. The summed E-state index contributed by atoms with van der Waals surface area (Å²) in [5, 5.41) is 12.8. The molecule has 100 valence electrons. The van der Waals surface area contributed by atoms with Crippen LogP contribution in [0.5, 0.6) is 0 Å². The highest BCUT2D eigenvalue weighted by atomic mass is 16.5. The van der Waals surface area contributed by atoms with Gasteiger partial charge in [-0.1, -0.05) is 35.5 Å². The normalized spacial score (nSPS) is 12.6. The minimum atomic E-state index is -0.884. The molecule has 6 nitrogen and oxygen atoms in total. The van der Waals surface area contributed by atoms with E-state index in [1.807, 2.05) is 30.3 Å². The van der Waals surface area contributed by atoms with Gasteiger partial charge in [-0.2, -0.15) is 4.98 Å². The second kappa shape index (κ2) is 5.62. The zero-order valence-electron chi connectivity index (χ0n) is 10.8. The summed E-state index contributed by atoms with van der Waals surface area (Å²) in [6, 6.07) is 8.86. The molecule has 0 unspecified atom stereocenters. The molecule has 1 heterocycles. The maximum absolute atomic E-state index is 10.8. The minimum Gasteiger partial charge on any atom is -0.480 e. The number of likely N-dealkylation sites (N-methyl/N-ethyl adjacent to an activating group) is 1. The molecule has 0 saturated carbocycles. The Morgan fingerprint density at radius 1 is 1.42 bits per heavy atom. The second-order valence-corrected chi connectivity index (χ2v) is 4.31. The second-order valence-electron chi connectivity index (χ2n) is 4.31. The summed E-state index contributed by atoms with van der Waals surface area (Å²) >= 11 is 0. The summed E-state index contributed by atoms with van der Waals surface area (Å²) in [4.78, 5) is 16.7. The van der Waals surface area contributed by atoms with Gasteiger partial charge in [-0.05, 0) is 14.0 Å². The molecule has 1 atom stereocenters. The molecule has 1 N–H and O–H groups in total. The molecule has 0 aliphatic heterocycles. The summed E-state index contributed by atoms with van der Waals surface area (Å²) in [5.41, 5.74) is 0.867. The number of carboxylic acids is 1. The van der Waals surface area contributed by atoms with Crippen molar-refractivity contribution in [2.24, 2.45) is 0 Å². The van der Waals surface area contributed by atoms with Crippen molar-refractivity contribution in [3.8, 4) is 11.4 Å². The first-order chi connectivity index (χ1) is 9.08. The maximum atomic E-state index is 10.8. The lowest BCUT2D eigenvalue weighted by Gasteiger charge is -2.18. The topological polar surface area (TPSA) is 79.5 Å². The Balaban J connectivity index is 2.08. The van der Waals surface area contributed by atoms with Gasteiger partial charge in [0.15, 0.2) is 0 Å². The van der Waals surface area contributed by atoms with Crippen molar-refractivity contribution in [2.75, 3.05) is 7.05 Å². The molecule has 0 amide bonds. The van der Waals surface area contributed by atoms with E-state index in [1.165, 1.54) is 0 Å². The summed E-state index contributed by atoms with van der Waals surface area (Å²) in [7, 11) is 1.70. The van der Waals surface area contributed by atoms with Crippen LogP contribution in [0, 0.1) is 0 Å². The van der Waals surface area contributed by atoms with Crippen LogP contribution >= 0.6 is 0 Å². The lowest BCUT2D eigenvalue weighted by Crippen LogP contribution is -2.35. The van der Waals surface area contributed by atoms with Crippen molar-refractivity contribution in [2.45, 2.75) is 19.5 Å². The lowest BCUT2D eigenvalue weighted by atomic mass is 10.2. The number of benzene rings is 1. The van der Waals surface area contributed by atoms with Gasteiger partial charge < -0.3 is 9.63 Å². The lowest BCUT2D eigenvalue weighted by molar-refractivity contribution is -0.142. The Hall–Kier alpha value is -2.21. The Morgan fingerprint density at radius 3 is 2.74 bits per heavy atom. The van der Waals surface area contributed by atoms with Gasteiger partial charge in [-0.15, -0.1) is 0 Å². The van der Waals surface area contributed by atoms with E-state index >= 15 is 0 Å². The highest BCUT2D eigenvalue weighted by molar-refractivity contribution is 5.72. The van der Waals surface area contributed by atoms with Crippen LogP contribution in [-0.4, -0.2) is 39.2 Å². The summed E-state index contributed by atoms with van der Waals surface area (Å²) < 4.78 is 5.12. The van der Waals surface area contributed by atoms with Crippen LogP contribution in [-0.2, 0) is 11.3 Å². The van der Waals surface area contributed by atoms with E-state index in [1.54, 1.807) is 18.9 Å². The number of carbonyl (C=O) groups is 1. The predicted octanol–water partition coefficient (Wildman–Crippen LogP) is 1.64. The fourth-order valence-corrected chi connectivity index (χ4v) is 1.56. The number of rotatable bonds is 5. The third-order valence-electron chi connectivity index (χ3n) is 2.90. The average Bonchev–Trinajstić information content (AvgIpc) is 2.87. The van der Waals surface area contributed by atoms with E-state index in [9.17, 15) is 4.79 Å². The van der Waals surface area contributed by atoms with Gasteiger partial charge in [-0.25, -0.2) is 0 Å². The standard InChI is InChI=1S/C13H15N3O3/c1-9(13(17)18)16(2)8-11-14-12(15-19-11)10-6-4-3-5-7-10/h3-7,9H,8H2,1-2H3,(H,17,18)/t9-/m1/s1. The Kier molecular flexibility index (Phi) is 3.91. The molecule has 0 spiro atoms. The van der Waals surface area contributed by atoms with E-state index in [4.69, 9.17) is 9.63 Å². The Bertz CT molecular complexity index is 553. The molecule has 2 aromatic rings. The molecule has 0 fully saturated rings. The number of hydrogen-bond donors (Lipinski definition) is 1. The maximum Gasteiger partial charge on any atom is 0.320 e. The van der Waals surface area contributed by atoms with E-state index in [-0.39, 0.29) is 0 Å². The molecule has 2 rings (SSSR count). The zero-order chi connectivity index (χ0) is 13.8. The van der Waals surface area contributed by atoms with Crippen LogP contribution < -0.4 is 0 Å². The number of hydrogen-bond acceptors (Lipinski definition) is 5. The first-order valence-electron chi connectivity index (χ1n) is 5.89. The van der Waals surface area contributed by atoms with Crippen molar-refractivity contribution >= 4 is 5.97 Å². The van der Waals surface area contributed by atoms with Gasteiger partial charge in [-0.3, -0.25) is 9.69 Å². The molecular formula is C13H15N3O3. The number of nitrogens with zero attached hydrogens (tertiary/aromatic N) is 3. The minimum absolute atomic E-state index is 0.299. The van der Waals surface area contributed by atoms with E-state index in [2.05, 4.69) is 10.1 Å². The summed E-state index contributed by atoms with van der Waals surface area (Å²) in [6.07, 6.45) is 0. The van der Waals surface area contributed by atoms with Crippen molar-refractivity contribution < 1.29 is 14.4 Å². The molecule has 0 bridgehead atoms. The fourth-order valence-electron chi connectivity index (χ4n) is 1.56. The van der Waals surface area contributed by atoms with Gasteiger partial charge >= 0.3 is 5.97 Å². The van der Waals surface area contributed by atoms with Gasteiger partial charge in [0.05, 0.1) is 6.54 Å². The number of aliphatic carboxylic acids is 1. The van der Waals surface area contributed by atoms with Gasteiger partial charge in [0.1, 0.15) is 6.04 Å². The van der Waals surface area contributed by atoms with Crippen molar-refractivity contribution in [3.05, 3.63) is 36.2 Å². The fraction of sp³-hybridized carbons (Fsp3) is 0.308. The van der Waals surface area contributed by atoms with Gasteiger partial charge in [0.25, 0.3) is 0 Å². The molecule has 0 aliphatic carbocycles. The van der Waals surface area contributed by atoms with Gasteiger partial charge in [0, 0.05) is 5.56 Å². The third-order valence-corrected chi connectivity index (χ3v) is 2.90. The monoisotopic (exact) mass is 261 g/mol. The third kappa shape index (κ3) is 3.17. The molecule has 1 aromatic heterocycles. The van der Waals surface area contributed by atoms with Crippen molar-refractivity contribution in [1.82, 2.24) is 15.0 Å². The molecule has 1 aromatic carbocycles.